The molecule has 2 nitrogen and oxygen atoms in total. The summed E-state index contributed by atoms with van der Waals surface area (Å²) < 4.78 is 0. The number of carbonyl (C=O) groups excluding carboxylic acids is 1. The lowest BCUT2D eigenvalue weighted by molar-refractivity contribution is -0.114. The molecule has 0 aromatic rings. The molecule has 0 aromatic heterocycles. The Kier molecular flexibility index (Phi) is 1.54. The molecule has 3 heteroatoms. The molecule has 2 atom stereocenters. The van der Waals surface area contributed by atoms with Crippen LogP contribution in [0, 0.1) is 0 Å². The molecular formula is C7H9NOS. The summed E-state index contributed by atoms with van der Waals surface area (Å²) in [5, 5.41) is 3.81. The number of allylic oxidation sites excluding steroid dienone is 1. The van der Waals surface area contributed by atoms with E-state index in [-0.39, 0.29) is 5.78 Å². The normalized spacial score (nSPS) is 38.2. The summed E-state index contributed by atoms with van der Waals surface area (Å²) >= 11 is 1.85. The van der Waals surface area contributed by atoms with Crippen LogP contribution in [0.15, 0.2) is 12.2 Å². The smallest absolute Gasteiger partial charge is 0.156 e. The summed E-state index contributed by atoms with van der Waals surface area (Å²) in [6, 6.07) is 0.461. The molecule has 1 fully saturated rings. The third kappa shape index (κ3) is 0.995. The minimum Gasteiger partial charge on any atom is -0.300 e. The second-order valence-electron chi connectivity index (χ2n) is 2.61. The minimum atomic E-state index is 0.275. The molecule has 2 unspecified atom stereocenters. The molecule has 1 N–H and O–H groups in total. The van der Waals surface area contributed by atoms with E-state index in [9.17, 15) is 4.79 Å². The zero-order chi connectivity index (χ0) is 6.97. The molecule has 1 aliphatic heterocycles. The molecule has 10 heavy (non-hydrogen) atoms. The number of thioether (sulfide) groups is 1. The zero-order valence-electron chi connectivity index (χ0n) is 5.54. The van der Waals surface area contributed by atoms with Crippen molar-refractivity contribution in [2.75, 3.05) is 5.88 Å². The first-order valence-corrected chi connectivity index (χ1v) is 4.47. The van der Waals surface area contributed by atoms with Gasteiger partial charge in [0.25, 0.3) is 0 Å². The monoisotopic (exact) mass is 155 g/mol. The van der Waals surface area contributed by atoms with Crippen molar-refractivity contribution in [2.45, 2.75) is 17.7 Å². The Balaban J connectivity index is 2.16. The van der Waals surface area contributed by atoms with Gasteiger partial charge in [0.05, 0.1) is 0 Å². The van der Waals surface area contributed by atoms with Crippen LogP contribution in [-0.4, -0.2) is 23.0 Å². The molecule has 1 aliphatic carbocycles. The fourth-order valence-electron chi connectivity index (χ4n) is 1.34. The van der Waals surface area contributed by atoms with Crippen LogP contribution in [-0.2, 0) is 4.79 Å². The Morgan fingerprint density at radius 1 is 1.70 bits per heavy atom. The number of hydrogen-bond donors (Lipinski definition) is 1. The summed E-state index contributed by atoms with van der Waals surface area (Å²) in [5.74, 6) is 1.27. The van der Waals surface area contributed by atoms with Gasteiger partial charge < -0.3 is 5.32 Å². The van der Waals surface area contributed by atoms with Crippen LogP contribution in [0.1, 0.15) is 6.42 Å². The maximum absolute atomic E-state index is 10.9. The van der Waals surface area contributed by atoms with Crippen molar-refractivity contribution in [2.24, 2.45) is 0 Å². The molecule has 0 saturated carbocycles. The largest absolute Gasteiger partial charge is 0.300 e. The van der Waals surface area contributed by atoms with E-state index in [4.69, 9.17) is 0 Å². The first-order chi connectivity index (χ1) is 4.86. The first kappa shape index (κ1) is 6.43. The molecular weight excluding hydrogens is 146 g/mol. The van der Waals surface area contributed by atoms with Gasteiger partial charge >= 0.3 is 0 Å². The van der Waals surface area contributed by atoms with Gasteiger partial charge in [-0.2, -0.15) is 0 Å². The van der Waals surface area contributed by atoms with Crippen LogP contribution in [0.3, 0.4) is 0 Å². The number of fused-ring (bicyclic) bond motifs is 1. The van der Waals surface area contributed by atoms with Crippen molar-refractivity contribution in [1.29, 1.82) is 0 Å². The highest BCUT2D eigenvalue weighted by molar-refractivity contribution is 8.00. The zero-order valence-corrected chi connectivity index (χ0v) is 6.36. The number of hydrogen-bond acceptors (Lipinski definition) is 3. The van der Waals surface area contributed by atoms with E-state index < -0.39 is 0 Å². The van der Waals surface area contributed by atoms with Gasteiger partial charge in [-0.15, -0.1) is 11.8 Å². The Labute approximate surface area is 64.1 Å². The SMILES string of the molecule is O=C1C=CC2NCSC2C1. The van der Waals surface area contributed by atoms with Crippen LogP contribution in [0.2, 0.25) is 0 Å². The van der Waals surface area contributed by atoms with E-state index >= 15 is 0 Å². The summed E-state index contributed by atoms with van der Waals surface area (Å²) in [5.41, 5.74) is 0. The standard InChI is InChI=1S/C7H9NOS/c9-5-1-2-6-7(3-5)10-4-8-6/h1-2,6-8H,3-4H2. The lowest BCUT2D eigenvalue weighted by atomic mass is 10.0. The average Bonchev–Trinajstić information content (AvgIpc) is 2.33. The molecule has 54 valence electrons. The average molecular weight is 155 g/mol. The minimum absolute atomic E-state index is 0.275. The molecule has 0 aromatic carbocycles. The Bertz CT molecular complexity index is 190. The summed E-state index contributed by atoms with van der Waals surface area (Å²) in [7, 11) is 0. The molecule has 0 spiro atoms. The van der Waals surface area contributed by atoms with Gasteiger partial charge in [0.1, 0.15) is 0 Å². The molecule has 0 radical (unpaired) electrons. The number of rotatable bonds is 0. The first-order valence-electron chi connectivity index (χ1n) is 3.42. The lowest BCUT2D eigenvalue weighted by Gasteiger charge is -2.16. The van der Waals surface area contributed by atoms with Gasteiger partial charge in [0.2, 0.25) is 0 Å². The molecule has 0 bridgehead atoms. The van der Waals surface area contributed by atoms with E-state index in [1.54, 1.807) is 6.08 Å². The van der Waals surface area contributed by atoms with Gasteiger partial charge in [-0.1, -0.05) is 6.08 Å². The van der Waals surface area contributed by atoms with Gasteiger partial charge in [-0.25, -0.2) is 0 Å². The van der Waals surface area contributed by atoms with Crippen LogP contribution in [0.4, 0.5) is 0 Å². The summed E-state index contributed by atoms with van der Waals surface area (Å²) in [6.07, 6.45) is 4.40. The molecule has 1 heterocycles. The fourth-order valence-corrected chi connectivity index (χ4v) is 2.52. The van der Waals surface area contributed by atoms with Crippen LogP contribution in [0.5, 0.6) is 0 Å². The third-order valence-corrected chi connectivity index (χ3v) is 3.13. The van der Waals surface area contributed by atoms with E-state index in [0.717, 1.165) is 12.3 Å². The van der Waals surface area contributed by atoms with Crippen molar-refractivity contribution in [3.8, 4) is 0 Å². The molecule has 0 amide bonds. The van der Waals surface area contributed by atoms with Crippen molar-refractivity contribution < 1.29 is 4.79 Å². The Hall–Kier alpha value is -0.280. The number of ketones is 1. The van der Waals surface area contributed by atoms with Gasteiger partial charge in [-0.05, 0) is 6.08 Å². The predicted molar refractivity (Wildman–Crippen MR) is 41.9 cm³/mol. The van der Waals surface area contributed by atoms with Crippen molar-refractivity contribution in [3.63, 3.8) is 0 Å². The maximum atomic E-state index is 10.9. The van der Waals surface area contributed by atoms with Gasteiger partial charge in [0.15, 0.2) is 5.78 Å². The molecule has 1 saturated heterocycles. The summed E-state index contributed by atoms with van der Waals surface area (Å²) in [6.45, 7) is 0. The van der Waals surface area contributed by atoms with Crippen LogP contribution < -0.4 is 5.32 Å². The number of nitrogens with one attached hydrogen (secondary N) is 1. The quantitative estimate of drug-likeness (QED) is 0.554. The van der Waals surface area contributed by atoms with Crippen molar-refractivity contribution in [3.05, 3.63) is 12.2 Å². The number of carbonyl (C=O) groups is 1. The maximum Gasteiger partial charge on any atom is 0.156 e. The second-order valence-corrected chi connectivity index (χ2v) is 3.84. The fraction of sp³-hybridized carbons (Fsp3) is 0.571. The lowest BCUT2D eigenvalue weighted by Crippen LogP contribution is -2.31. The van der Waals surface area contributed by atoms with E-state index in [0.29, 0.717) is 11.3 Å². The topological polar surface area (TPSA) is 29.1 Å². The molecule has 2 rings (SSSR count). The highest BCUT2D eigenvalue weighted by atomic mass is 32.2. The predicted octanol–water partition coefficient (Wildman–Crippen LogP) is 0.546. The Morgan fingerprint density at radius 3 is 3.50 bits per heavy atom. The van der Waals surface area contributed by atoms with Crippen LogP contribution >= 0.6 is 11.8 Å². The van der Waals surface area contributed by atoms with Crippen molar-refractivity contribution in [1.82, 2.24) is 5.32 Å². The van der Waals surface area contributed by atoms with Gasteiger partial charge in [0, 0.05) is 23.6 Å². The van der Waals surface area contributed by atoms with E-state index in [1.165, 1.54) is 0 Å². The Morgan fingerprint density at radius 2 is 2.60 bits per heavy atom. The van der Waals surface area contributed by atoms with E-state index in [2.05, 4.69) is 5.32 Å². The highest BCUT2D eigenvalue weighted by Crippen LogP contribution is 2.27. The summed E-state index contributed by atoms with van der Waals surface area (Å²) in [4.78, 5) is 10.9. The van der Waals surface area contributed by atoms with Crippen LogP contribution in [0.25, 0.3) is 0 Å². The highest BCUT2D eigenvalue weighted by Gasteiger charge is 2.29. The van der Waals surface area contributed by atoms with E-state index in [1.807, 2.05) is 17.8 Å². The second kappa shape index (κ2) is 2.40. The van der Waals surface area contributed by atoms with Crippen molar-refractivity contribution >= 4 is 17.5 Å². The third-order valence-electron chi connectivity index (χ3n) is 1.91. The van der Waals surface area contributed by atoms with Gasteiger partial charge in [-0.3, -0.25) is 4.79 Å². The molecule has 2 aliphatic rings.